The maximum Gasteiger partial charge on any atom is 0.313 e. The first-order chi connectivity index (χ1) is 14.8. The van der Waals surface area contributed by atoms with Gasteiger partial charge in [-0.3, -0.25) is 14.5 Å². The van der Waals surface area contributed by atoms with Gasteiger partial charge in [-0.1, -0.05) is 30.3 Å². The zero-order valence-corrected chi connectivity index (χ0v) is 18.9. The van der Waals surface area contributed by atoms with Gasteiger partial charge >= 0.3 is 11.8 Å². The number of para-hydroxylation sites is 1. The van der Waals surface area contributed by atoms with Gasteiger partial charge in [0.05, 0.1) is 6.04 Å². The lowest BCUT2D eigenvalue weighted by Crippen LogP contribution is -2.49. The van der Waals surface area contributed by atoms with Crippen LogP contribution >= 0.6 is 0 Å². The van der Waals surface area contributed by atoms with Crippen molar-refractivity contribution in [3.8, 4) is 0 Å². The fourth-order valence-corrected chi connectivity index (χ4v) is 3.75. The van der Waals surface area contributed by atoms with Crippen LogP contribution in [-0.4, -0.2) is 75.5 Å². The van der Waals surface area contributed by atoms with Crippen molar-refractivity contribution in [1.29, 1.82) is 0 Å². The number of hydrogen-bond acceptors (Lipinski definition) is 5. The van der Waals surface area contributed by atoms with Crippen LogP contribution < -0.4 is 15.5 Å². The molecule has 0 radical (unpaired) electrons. The van der Waals surface area contributed by atoms with Crippen LogP contribution in [0.5, 0.6) is 0 Å². The van der Waals surface area contributed by atoms with Crippen molar-refractivity contribution >= 4 is 23.2 Å². The van der Waals surface area contributed by atoms with Gasteiger partial charge < -0.3 is 20.4 Å². The van der Waals surface area contributed by atoms with Gasteiger partial charge in [0, 0.05) is 58.2 Å². The fourth-order valence-electron chi connectivity index (χ4n) is 3.75. The minimum absolute atomic E-state index is 0.0140. The van der Waals surface area contributed by atoms with Gasteiger partial charge in [-0.05, 0) is 43.3 Å². The Morgan fingerprint density at radius 1 is 0.968 bits per heavy atom. The number of nitrogens with zero attached hydrogens (tertiary/aromatic N) is 3. The molecule has 1 saturated heterocycles. The number of likely N-dealkylation sites (N-methyl/N-ethyl adjacent to an activating group) is 1. The van der Waals surface area contributed by atoms with Gasteiger partial charge in [0.25, 0.3) is 0 Å². The average Bonchev–Trinajstić information content (AvgIpc) is 2.76. The molecule has 166 valence electrons. The molecule has 1 unspecified atom stereocenters. The molecule has 1 fully saturated rings. The Morgan fingerprint density at radius 2 is 1.61 bits per heavy atom. The van der Waals surface area contributed by atoms with Crippen LogP contribution in [0, 0.1) is 6.92 Å². The van der Waals surface area contributed by atoms with Crippen LogP contribution in [0.1, 0.15) is 17.2 Å². The Hall–Kier alpha value is -2.90. The van der Waals surface area contributed by atoms with E-state index in [-0.39, 0.29) is 6.04 Å². The van der Waals surface area contributed by atoms with Crippen LogP contribution in [0.15, 0.2) is 48.5 Å². The minimum Gasteiger partial charge on any atom is -0.378 e. The van der Waals surface area contributed by atoms with Gasteiger partial charge in [-0.25, -0.2) is 0 Å². The second-order valence-corrected chi connectivity index (χ2v) is 8.32. The smallest absolute Gasteiger partial charge is 0.313 e. The number of aryl methyl sites for hydroxylation is 1. The number of carbonyl (C=O) groups is 2. The first kappa shape index (κ1) is 22.8. The van der Waals surface area contributed by atoms with Gasteiger partial charge in [0.2, 0.25) is 0 Å². The molecule has 31 heavy (non-hydrogen) atoms. The SMILES string of the molecule is Cc1ccccc1NC(=O)C(=O)NCC(c1ccc(N(C)C)cc1)N1CCN(C)CC1. The summed E-state index contributed by atoms with van der Waals surface area (Å²) in [5.41, 5.74) is 3.83. The quantitative estimate of drug-likeness (QED) is 0.697. The molecule has 2 aromatic rings. The van der Waals surface area contributed by atoms with Crippen molar-refractivity contribution < 1.29 is 9.59 Å². The van der Waals surface area contributed by atoms with Crippen molar-refractivity contribution in [2.45, 2.75) is 13.0 Å². The van der Waals surface area contributed by atoms with Crippen LogP contribution in [0.4, 0.5) is 11.4 Å². The predicted octanol–water partition coefficient (Wildman–Crippen LogP) is 2.10. The normalized spacial score (nSPS) is 15.9. The third-order valence-corrected chi connectivity index (χ3v) is 5.83. The largest absolute Gasteiger partial charge is 0.378 e. The van der Waals surface area contributed by atoms with E-state index in [2.05, 4.69) is 56.6 Å². The topological polar surface area (TPSA) is 67.9 Å². The van der Waals surface area contributed by atoms with E-state index in [0.717, 1.165) is 43.0 Å². The van der Waals surface area contributed by atoms with Crippen molar-refractivity contribution in [2.75, 3.05) is 64.1 Å². The molecule has 0 aliphatic carbocycles. The first-order valence-electron chi connectivity index (χ1n) is 10.7. The number of nitrogens with one attached hydrogen (secondary N) is 2. The van der Waals surface area contributed by atoms with Crippen LogP contribution in [0.3, 0.4) is 0 Å². The lowest BCUT2D eigenvalue weighted by Gasteiger charge is -2.38. The summed E-state index contributed by atoms with van der Waals surface area (Å²) >= 11 is 0. The lowest BCUT2D eigenvalue weighted by atomic mass is 10.0. The number of anilines is 2. The van der Waals surface area contributed by atoms with E-state index < -0.39 is 11.8 Å². The Labute approximate surface area is 185 Å². The Bertz CT molecular complexity index is 889. The molecule has 0 aromatic heterocycles. The van der Waals surface area contributed by atoms with E-state index in [4.69, 9.17) is 0 Å². The van der Waals surface area contributed by atoms with E-state index in [0.29, 0.717) is 12.2 Å². The van der Waals surface area contributed by atoms with Crippen molar-refractivity contribution in [3.05, 3.63) is 59.7 Å². The standard InChI is InChI=1S/C24H33N5O2/c1-18-7-5-6-8-21(18)26-24(31)23(30)25-17-22(29-15-13-28(4)14-16-29)19-9-11-20(12-10-19)27(2)3/h5-12,22H,13-17H2,1-4H3,(H,25,30)(H,26,31). The third kappa shape index (κ3) is 6.06. The highest BCUT2D eigenvalue weighted by atomic mass is 16.2. The molecule has 1 aliphatic heterocycles. The van der Waals surface area contributed by atoms with E-state index in [1.165, 1.54) is 0 Å². The number of benzene rings is 2. The van der Waals surface area contributed by atoms with Crippen LogP contribution in [-0.2, 0) is 9.59 Å². The monoisotopic (exact) mass is 423 g/mol. The summed E-state index contributed by atoms with van der Waals surface area (Å²) in [6.07, 6.45) is 0. The Morgan fingerprint density at radius 3 is 2.23 bits per heavy atom. The van der Waals surface area contributed by atoms with Gasteiger partial charge in [-0.2, -0.15) is 0 Å². The summed E-state index contributed by atoms with van der Waals surface area (Å²) in [6, 6.07) is 15.8. The molecule has 0 bridgehead atoms. The van der Waals surface area contributed by atoms with Crippen LogP contribution in [0.2, 0.25) is 0 Å². The lowest BCUT2D eigenvalue weighted by molar-refractivity contribution is -0.136. The molecule has 2 aromatic carbocycles. The number of hydrogen-bond donors (Lipinski definition) is 2. The molecule has 1 heterocycles. The summed E-state index contributed by atoms with van der Waals surface area (Å²) in [5.74, 6) is -1.26. The number of amides is 2. The molecule has 3 rings (SSSR count). The van der Waals surface area contributed by atoms with Gasteiger partial charge in [-0.15, -0.1) is 0 Å². The first-order valence-corrected chi connectivity index (χ1v) is 10.7. The van der Waals surface area contributed by atoms with Crippen LogP contribution in [0.25, 0.3) is 0 Å². The highest BCUT2D eigenvalue weighted by Crippen LogP contribution is 2.24. The molecule has 0 spiro atoms. The fraction of sp³-hybridized carbons (Fsp3) is 0.417. The molecule has 1 aliphatic rings. The zero-order valence-electron chi connectivity index (χ0n) is 18.9. The summed E-state index contributed by atoms with van der Waals surface area (Å²) in [5, 5.41) is 5.55. The third-order valence-electron chi connectivity index (χ3n) is 5.83. The van der Waals surface area contributed by atoms with E-state index >= 15 is 0 Å². The highest BCUT2D eigenvalue weighted by molar-refractivity contribution is 6.39. The number of piperazine rings is 1. The second-order valence-electron chi connectivity index (χ2n) is 8.32. The summed E-state index contributed by atoms with van der Waals surface area (Å²) in [4.78, 5) is 31.7. The molecule has 2 amide bonds. The molecular weight excluding hydrogens is 390 g/mol. The van der Waals surface area contributed by atoms with Crippen molar-refractivity contribution in [2.24, 2.45) is 0 Å². The van der Waals surface area contributed by atoms with E-state index in [1.54, 1.807) is 6.07 Å². The predicted molar refractivity (Wildman–Crippen MR) is 125 cm³/mol. The molecule has 7 heteroatoms. The molecule has 0 saturated carbocycles. The molecule has 7 nitrogen and oxygen atoms in total. The maximum atomic E-state index is 12.5. The summed E-state index contributed by atoms with van der Waals surface area (Å²) in [7, 11) is 6.15. The zero-order chi connectivity index (χ0) is 22.4. The maximum absolute atomic E-state index is 12.5. The van der Waals surface area contributed by atoms with E-state index in [1.807, 2.05) is 39.2 Å². The number of rotatable bonds is 6. The second kappa shape index (κ2) is 10.4. The van der Waals surface area contributed by atoms with E-state index in [9.17, 15) is 9.59 Å². The number of carbonyl (C=O) groups excluding carboxylic acids is 2. The van der Waals surface area contributed by atoms with Gasteiger partial charge in [0.1, 0.15) is 0 Å². The minimum atomic E-state index is -0.644. The van der Waals surface area contributed by atoms with Crippen molar-refractivity contribution in [3.63, 3.8) is 0 Å². The summed E-state index contributed by atoms with van der Waals surface area (Å²) < 4.78 is 0. The van der Waals surface area contributed by atoms with Gasteiger partial charge in [0.15, 0.2) is 0 Å². The highest BCUT2D eigenvalue weighted by Gasteiger charge is 2.25. The summed E-state index contributed by atoms with van der Waals surface area (Å²) in [6.45, 7) is 6.07. The average molecular weight is 424 g/mol. The Balaban J connectivity index is 1.68. The molecule has 1 atom stereocenters. The molecular formula is C24H33N5O2. The Kier molecular flexibility index (Phi) is 7.65. The van der Waals surface area contributed by atoms with Crippen molar-refractivity contribution in [1.82, 2.24) is 15.1 Å². The molecule has 2 N–H and O–H groups in total.